The van der Waals surface area contributed by atoms with E-state index < -0.39 is 12.8 Å². The van der Waals surface area contributed by atoms with Crippen LogP contribution in [-0.2, 0) is 4.74 Å². The molecule has 0 aliphatic rings. The van der Waals surface area contributed by atoms with Crippen LogP contribution in [0.4, 0.5) is 13.2 Å². The van der Waals surface area contributed by atoms with Crippen LogP contribution < -0.4 is 10.5 Å². The van der Waals surface area contributed by atoms with E-state index in [1.54, 1.807) is 12.1 Å². The van der Waals surface area contributed by atoms with Gasteiger partial charge in [0, 0.05) is 5.56 Å². The number of hydrogen-bond acceptors (Lipinski definition) is 3. The van der Waals surface area contributed by atoms with E-state index in [1.807, 2.05) is 0 Å². The molecule has 0 amide bonds. The van der Waals surface area contributed by atoms with Gasteiger partial charge in [0.05, 0.1) is 11.6 Å². The zero-order valence-corrected chi connectivity index (χ0v) is 11.2. The molecule has 0 spiro atoms. The van der Waals surface area contributed by atoms with Crippen molar-refractivity contribution in [1.82, 2.24) is 0 Å². The number of rotatable bonds is 6. The highest BCUT2D eigenvalue weighted by atomic mass is 35.5. The maximum absolute atomic E-state index is 11.8. The predicted octanol–water partition coefficient (Wildman–Crippen LogP) is 2.93. The van der Waals surface area contributed by atoms with Crippen molar-refractivity contribution in [2.45, 2.75) is 6.18 Å². The van der Waals surface area contributed by atoms with E-state index >= 15 is 0 Å². The molecule has 2 N–H and O–H groups in total. The van der Waals surface area contributed by atoms with Crippen molar-refractivity contribution in [2.24, 2.45) is 5.73 Å². The molecule has 0 atom stereocenters. The lowest BCUT2D eigenvalue weighted by Crippen LogP contribution is -2.19. The standard InChI is InChI=1S/C11H11ClF3NO2S/c12-8-5-7(10(16)19)1-2-9(8)18-4-3-17-6-11(13,14)15/h1-2,5H,3-4,6H2,(H2,16,19). The highest BCUT2D eigenvalue weighted by Gasteiger charge is 2.27. The summed E-state index contributed by atoms with van der Waals surface area (Å²) in [5.41, 5.74) is 6.00. The molecule has 0 radical (unpaired) electrons. The number of nitrogens with two attached hydrogens (primary N) is 1. The number of benzene rings is 1. The minimum absolute atomic E-state index is 0.0395. The Hall–Kier alpha value is -1.05. The lowest BCUT2D eigenvalue weighted by molar-refractivity contribution is -0.175. The highest BCUT2D eigenvalue weighted by molar-refractivity contribution is 7.80. The smallest absolute Gasteiger partial charge is 0.411 e. The summed E-state index contributed by atoms with van der Waals surface area (Å²) in [6.45, 7) is -1.53. The molecule has 0 aromatic heterocycles. The van der Waals surface area contributed by atoms with Gasteiger partial charge in [-0.3, -0.25) is 0 Å². The summed E-state index contributed by atoms with van der Waals surface area (Å²) in [5, 5.41) is 0.279. The van der Waals surface area contributed by atoms with Gasteiger partial charge in [0.15, 0.2) is 0 Å². The van der Waals surface area contributed by atoms with Crippen molar-refractivity contribution in [1.29, 1.82) is 0 Å². The van der Waals surface area contributed by atoms with Crippen LogP contribution in [-0.4, -0.2) is 31.0 Å². The minimum atomic E-state index is -4.34. The van der Waals surface area contributed by atoms with E-state index in [-0.39, 0.29) is 23.2 Å². The van der Waals surface area contributed by atoms with Gasteiger partial charge in [0.1, 0.15) is 24.0 Å². The van der Waals surface area contributed by atoms with Crippen LogP contribution in [0.25, 0.3) is 0 Å². The first-order chi connectivity index (χ1) is 8.79. The summed E-state index contributed by atoms with van der Waals surface area (Å²) in [5.74, 6) is 0.331. The van der Waals surface area contributed by atoms with Gasteiger partial charge in [-0.2, -0.15) is 13.2 Å². The molecule has 0 aliphatic carbocycles. The summed E-state index contributed by atoms with van der Waals surface area (Å²) < 4.78 is 44.9. The summed E-state index contributed by atoms with van der Waals surface area (Å²) in [6, 6.07) is 4.68. The Bertz CT molecular complexity index is 454. The minimum Gasteiger partial charge on any atom is -0.490 e. The number of alkyl halides is 3. The fourth-order valence-corrected chi connectivity index (χ4v) is 1.53. The summed E-state index contributed by atoms with van der Waals surface area (Å²) in [4.78, 5) is 0.196. The van der Waals surface area contributed by atoms with Crippen molar-refractivity contribution in [3.63, 3.8) is 0 Å². The Morgan fingerprint density at radius 3 is 2.53 bits per heavy atom. The third-order valence-electron chi connectivity index (χ3n) is 1.97. The Kier molecular flexibility index (Phi) is 5.84. The molecule has 8 heteroatoms. The SMILES string of the molecule is NC(=S)c1ccc(OCCOCC(F)(F)F)c(Cl)c1. The maximum Gasteiger partial charge on any atom is 0.411 e. The van der Waals surface area contributed by atoms with E-state index in [0.717, 1.165) is 0 Å². The van der Waals surface area contributed by atoms with Gasteiger partial charge < -0.3 is 15.2 Å². The average Bonchev–Trinajstić information content (AvgIpc) is 2.28. The first kappa shape index (κ1) is 16.0. The molecular weight excluding hydrogens is 303 g/mol. The lowest BCUT2D eigenvalue weighted by atomic mass is 10.2. The van der Waals surface area contributed by atoms with Crippen LogP contribution >= 0.6 is 23.8 Å². The molecule has 1 aromatic rings. The highest BCUT2D eigenvalue weighted by Crippen LogP contribution is 2.25. The Morgan fingerprint density at radius 2 is 2.00 bits per heavy atom. The van der Waals surface area contributed by atoms with Crippen molar-refractivity contribution < 1.29 is 22.6 Å². The molecule has 1 rings (SSSR count). The summed E-state index contributed by atoms with van der Waals surface area (Å²) in [6.07, 6.45) is -4.34. The quantitative estimate of drug-likeness (QED) is 0.648. The van der Waals surface area contributed by atoms with Gasteiger partial charge in [0.2, 0.25) is 0 Å². The van der Waals surface area contributed by atoms with E-state index in [9.17, 15) is 13.2 Å². The summed E-state index contributed by atoms with van der Waals surface area (Å²) in [7, 11) is 0. The largest absolute Gasteiger partial charge is 0.490 e. The monoisotopic (exact) mass is 313 g/mol. The normalized spacial score (nSPS) is 11.4. The van der Waals surface area contributed by atoms with Crippen molar-refractivity contribution in [2.75, 3.05) is 19.8 Å². The molecule has 1 aromatic carbocycles. The topological polar surface area (TPSA) is 44.5 Å². The zero-order chi connectivity index (χ0) is 14.5. The van der Waals surface area contributed by atoms with Gasteiger partial charge in [-0.25, -0.2) is 0 Å². The third-order valence-corrected chi connectivity index (χ3v) is 2.50. The van der Waals surface area contributed by atoms with Crippen molar-refractivity contribution in [3.8, 4) is 5.75 Å². The molecular formula is C11H11ClF3NO2S. The number of halogens is 4. The Balaban J connectivity index is 2.40. The number of thiocarbonyl (C=S) groups is 1. The molecule has 0 bridgehead atoms. The summed E-state index contributed by atoms with van der Waals surface area (Å²) >= 11 is 10.7. The Morgan fingerprint density at radius 1 is 1.32 bits per heavy atom. The lowest BCUT2D eigenvalue weighted by Gasteiger charge is -2.10. The van der Waals surface area contributed by atoms with Gasteiger partial charge in [0.25, 0.3) is 0 Å². The molecule has 106 valence electrons. The van der Waals surface area contributed by atoms with E-state index in [2.05, 4.69) is 4.74 Å². The van der Waals surface area contributed by atoms with E-state index in [0.29, 0.717) is 11.3 Å². The van der Waals surface area contributed by atoms with Crippen LogP contribution in [0.3, 0.4) is 0 Å². The van der Waals surface area contributed by atoms with Crippen LogP contribution in [0.5, 0.6) is 5.75 Å². The van der Waals surface area contributed by atoms with Crippen molar-refractivity contribution >= 4 is 28.8 Å². The molecule has 3 nitrogen and oxygen atoms in total. The number of hydrogen-bond donors (Lipinski definition) is 1. The molecule has 19 heavy (non-hydrogen) atoms. The second-order valence-corrected chi connectivity index (χ2v) is 4.37. The molecule has 0 unspecified atom stereocenters. The first-order valence-electron chi connectivity index (χ1n) is 5.16. The van der Waals surface area contributed by atoms with Gasteiger partial charge in [-0.05, 0) is 18.2 Å². The molecule has 0 aliphatic heterocycles. The van der Waals surface area contributed by atoms with Crippen LogP contribution in [0.2, 0.25) is 5.02 Å². The molecule has 0 saturated heterocycles. The maximum atomic E-state index is 11.8. The molecule has 0 heterocycles. The second kappa shape index (κ2) is 6.93. The first-order valence-corrected chi connectivity index (χ1v) is 5.95. The van der Waals surface area contributed by atoms with Crippen LogP contribution in [0.1, 0.15) is 5.56 Å². The fourth-order valence-electron chi connectivity index (χ4n) is 1.17. The van der Waals surface area contributed by atoms with E-state index in [1.165, 1.54) is 6.07 Å². The average molecular weight is 314 g/mol. The van der Waals surface area contributed by atoms with E-state index in [4.69, 9.17) is 34.3 Å². The second-order valence-electron chi connectivity index (χ2n) is 3.53. The van der Waals surface area contributed by atoms with Crippen LogP contribution in [0.15, 0.2) is 18.2 Å². The van der Waals surface area contributed by atoms with Crippen LogP contribution in [0, 0.1) is 0 Å². The third kappa shape index (κ3) is 6.09. The predicted molar refractivity (Wildman–Crippen MR) is 69.7 cm³/mol. The van der Waals surface area contributed by atoms with Gasteiger partial charge in [-0.1, -0.05) is 23.8 Å². The fraction of sp³-hybridized carbons (Fsp3) is 0.364. The zero-order valence-electron chi connectivity index (χ0n) is 9.67. The molecule has 0 fully saturated rings. The Labute approximate surface area is 118 Å². The van der Waals surface area contributed by atoms with Crippen molar-refractivity contribution in [3.05, 3.63) is 28.8 Å². The molecule has 0 saturated carbocycles. The van der Waals surface area contributed by atoms with Gasteiger partial charge in [-0.15, -0.1) is 0 Å². The number of ether oxygens (including phenoxy) is 2. The van der Waals surface area contributed by atoms with Gasteiger partial charge >= 0.3 is 6.18 Å².